The van der Waals surface area contributed by atoms with E-state index in [1.54, 1.807) is 18.3 Å². The van der Waals surface area contributed by atoms with E-state index in [1.165, 1.54) is 25.6 Å². The number of anilines is 1. The maximum atomic E-state index is 11.5. The molecule has 0 aliphatic carbocycles. The fourth-order valence-corrected chi connectivity index (χ4v) is 2.72. The summed E-state index contributed by atoms with van der Waals surface area (Å²) in [4.78, 5) is 28.1. The Labute approximate surface area is 132 Å². The number of nitrogens with zero attached hydrogens (tertiary/aromatic N) is 1. The molecule has 0 aliphatic rings. The summed E-state index contributed by atoms with van der Waals surface area (Å²) >= 11 is 1.39. The van der Waals surface area contributed by atoms with Gasteiger partial charge in [-0.3, -0.25) is 10.1 Å². The van der Waals surface area contributed by atoms with E-state index >= 15 is 0 Å². The molecular formula is C15H16N2O4S. The summed E-state index contributed by atoms with van der Waals surface area (Å²) in [7, 11) is 2.81. The largest absolute Gasteiger partial charge is 0.465 e. The standard InChI is InChI=1S/C15H16N2O4S/c1-20-9-13(18)17-15-16-8-12(22-15)7-10-4-3-5-11(6-10)14(19)21-2/h3-6,8H,7,9H2,1-2H3,(H,16,17,18). The highest BCUT2D eigenvalue weighted by molar-refractivity contribution is 7.15. The summed E-state index contributed by atoms with van der Waals surface area (Å²) in [5.74, 6) is -0.602. The van der Waals surface area contributed by atoms with Gasteiger partial charge in [-0.2, -0.15) is 0 Å². The van der Waals surface area contributed by atoms with Crippen LogP contribution in [0.4, 0.5) is 5.13 Å². The molecule has 1 amide bonds. The Morgan fingerprint density at radius 3 is 2.86 bits per heavy atom. The van der Waals surface area contributed by atoms with Crippen LogP contribution in [-0.4, -0.2) is 37.7 Å². The van der Waals surface area contributed by atoms with Crippen molar-refractivity contribution in [2.24, 2.45) is 0 Å². The van der Waals surface area contributed by atoms with Crippen LogP contribution >= 0.6 is 11.3 Å². The molecule has 22 heavy (non-hydrogen) atoms. The summed E-state index contributed by atoms with van der Waals surface area (Å²) in [6.45, 7) is -0.00388. The number of thiazole rings is 1. The molecule has 0 aliphatic heterocycles. The normalized spacial score (nSPS) is 10.3. The smallest absolute Gasteiger partial charge is 0.337 e. The Balaban J connectivity index is 2.04. The number of ether oxygens (including phenoxy) is 2. The third-order valence-corrected chi connectivity index (χ3v) is 3.71. The Bertz CT molecular complexity index is 669. The third kappa shape index (κ3) is 4.37. The number of carbonyl (C=O) groups is 2. The van der Waals surface area contributed by atoms with E-state index in [9.17, 15) is 9.59 Å². The average Bonchev–Trinajstić information content (AvgIpc) is 2.93. The van der Waals surface area contributed by atoms with Crippen LogP contribution in [0.2, 0.25) is 0 Å². The molecule has 0 bridgehead atoms. The van der Waals surface area contributed by atoms with E-state index in [0.29, 0.717) is 17.1 Å². The van der Waals surface area contributed by atoms with E-state index < -0.39 is 0 Å². The monoisotopic (exact) mass is 320 g/mol. The van der Waals surface area contributed by atoms with Crippen LogP contribution in [0.15, 0.2) is 30.5 Å². The van der Waals surface area contributed by atoms with Crippen LogP contribution in [0.3, 0.4) is 0 Å². The van der Waals surface area contributed by atoms with Crippen LogP contribution in [-0.2, 0) is 20.7 Å². The molecule has 0 saturated heterocycles. The first kappa shape index (κ1) is 16.1. The van der Waals surface area contributed by atoms with Gasteiger partial charge in [0.2, 0.25) is 0 Å². The quantitative estimate of drug-likeness (QED) is 0.825. The molecule has 0 unspecified atom stereocenters. The highest BCUT2D eigenvalue weighted by Crippen LogP contribution is 2.21. The van der Waals surface area contributed by atoms with E-state index in [0.717, 1.165) is 10.4 Å². The number of methoxy groups -OCH3 is 2. The molecule has 1 heterocycles. The fraction of sp³-hybridized carbons (Fsp3) is 0.267. The fourth-order valence-electron chi connectivity index (χ4n) is 1.86. The average molecular weight is 320 g/mol. The van der Waals surface area contributed by atoms with Crippen molar-refractivity contribution < 1.29 is 19.1 Å². The lowest BCUT2D eigenvalue weighted by molar-refractivity contribution is -0.119. The van der Waals surface area contributed by atoms with Crippen molar-refractivity contribution in [3.8, 4) is 0 Å². The highest BCUT2D eigenvalue weighted by atomic mass is 32.1. The Kier molecular flexibility index (Phi) is 5.62. The van der Waals surface area contributed by atoms with Crippen LogP contribution < -0.4 is 5.32 Å². The highest BCUT2D eigenvalue weighted by Gasteiger charge is 2.09. The summed E-state index contributed by atoms with van der Waals surface area (Å²) in [6, 6.07) is 7.23. The maximum absolute atomic E-state index is 11.5. The lowest BCUT2D eigenvalue weighted by atomic mass is 10.1. The molecule has 0 radical (unpaired) electrons. The van der Waals surface area contributed by atoms with Crippen LogP contribution in [0.1, 0.15) is 20.8 Å². The van der Waals surface area contributed by atoms with Gasteiger partial charge >= 0.3 is 5.97 Å². The first-order chi connectivity index (χ1) is 10.6. The topological polar surface area (TPSA) is 77.5 Å². The minimum absolute atomic E-state index is 0.00388. The van der Waals surface area contributed by atoms with Crippen LogP contribution in [0.5, 0.6) is 0 Å². The number of nitrogens with one attached hydrogen (secondary N) is 1. The number of esters is 1. The van der Waals surface area contributed by atoms with E-state index in [2.05, 4.69) is 10.3 Å². The van der Waals surface area contributed by atoms with Gasteiger partial charge in [-0.1, -0.05) is 12.1 Å². The minimum Gasteiger partial charge on any atom is -0.465 e. The van der Waals surface area contributed by atoms with Crippen molar-refractivity contribution >= 4 is 28.3 Å². The predicted octanol–water partition coefficient (Wildman–Crippen LogP) is 2.11. The van der Waals surface area contributed by atoms with Gasteiger partial charge in [-0.15, -0.1) is 11.3 Å². The van der Waals surface area contributed by atoms with Gasteiger partial charge in [-0.25, -0.2) is 9.78 Å². The zero-order valence-electron chi connectivity index (χ0n) is 12.3. The number of hydrogen-bond donors (Lipinski definition) is 1. The van der Waals surface area contributed by atoms with Crippen molar-refractivity contribution in [3.05, 3.63) is 46.5 Å². The van der Waals surface area contributed by atoms with E-state index in [1.807, 2.05) is 12.1 Å². The Morgan fingerprint density at radius 2 is 2.14 bits per heavy atom. The van der Waals surface area contributed by atoms with Crippen LogP contribution in [0.25, 0.3) is 0 Å². The minimum atomic E-state index is -0.362. The molecule has 0 atom stereocenters. The van der Waals surface area contributed by atoms with Crippen molar-refractivity contribution in [2.45, 2.75) is 6.42 Å². The van der Waals surface area contributed by atoms with Crippen molar-refractivity contribution in [2.75, 3.05) is 26.1 Å². The molecule has 1 N–H and O–H groups in total. The van der Waals surface area contributed by atoms with E-state index in [4.69, 9.17) is 9.47 Å². The number of hydrogen-bond acceptors (Lipinski definition) is 6. The second-order valence-electron chi connectivity index (χ2n) is 4.48. The molecule has 1 aromatic carbocycles. The summed E-state index contributed by atoms with van der Waals surface area (Å²) in [6.07, 6.45) is 2.33. The number of carbonyl (C=O) groups excluding carboxylic acids is 2. The summed E-state index contributed by atoms with van der Waals surface area (Å²) in [5.41, 5.74) is 1.49. The van der Waals surface area contributed by atoms with Gasteiger partial charge in [0.05, 0.1) is 12.7 Å². The molecule has 1 aromatic heterocycles. The summed E-state index contributed by atoms with van der Waals surface area (Å²) in [5, 5.41) is 3.19. The second kappa shape index (κ2) is 7.67. The van der Waals surface area contributed by atoms with Crippen molar-refractivity contribution in [1.29, 1.82) is 0 Å². The Morgan fingerprint density at radius 1 is 1.32 bits per heavy atom. The molecular weight excluding hydrogens is 304 g/mol. The first-order valence-corrected chi connectivity index (χ1v) is 7.34. The predicted molar refractivity (Wildman–Crippen MR) is 83.2 cm³/mol. The SMILES string of the molecule is COCC(=O)Nc1ncc(Cc2cccc(C(=O)OC)c2)s1. The van der Waals surface area contributed by atoms with Gasteiger partial charge in [0.15, 0.2) is 5.13 Å². The zero-order chi connectivity index (χ0) is 15.9. The van der Waals surface area contributed by atoms with Crippen LogP contribution in [0, 0.1) is 0 Å². The van der Waals surface area contributed by atoms with Gasteiger partial charge in [0.1, 0.15) is 6.61 Å². The molecule has 7 heteroatoms. The lowest BCUT2D eigenvalue weighted by Gasteiger charge is -2.02. The van der Waals surface area contributed by atoms with Crippen molar-refractivity contribution in [3.63, 3.8) is 0 Å². The van der Waals surface area contributed by atoms with Crippen molar-refractivity contribution in [1.82, 2.24) is 4.98 Å². The molecule has 0 spiro atoms. The van der Waals surface area contributed by atoms with Gasteiger partial charge in [0.25, 0.3) is 5.91 Å². The van der Waals surface area contributed by atoms with E-state index in [-0.39, 0.29) is 18.5 Å². The Hall–Kier alpha value is -2.25. The van der Waals surface area contributed by atoms with Gasteiger partial charge in [0, 0.05) is 24.6 Å². The molecule has 6 nitrogen and oxygen atoms in total. The molecule has 0 fully saturated rings. The lowest BCUT2D eigenvalue weighted by Crippen LogP contribution is -2.16. The number of rotatable bonds is 6. The third-order valence-electron chi connectivity index (χ3n) is 2.80. The number of amides is 1. The first-order valence-electron chi connectivity index (χ1n) is 6.53. The number of aromatic nitrogens is 1. The zero-order valence-corrected chi connectivity index (χ0v) is 13.1. The molecule has 2 aromatic rings. The number of benzene rings is 1. The molecule has 0 saturated carbocycles. The van der Waals surface area contributed by atoms with Gasteiger partial charge in [-0.05, 0) is 17.7 Å². The second-order valence-corrected chi connectivity index (χ2v) is 5.60. The van der Waals surface area contributed by atoms with Gasteiger partial charge < -0.3 is 9.47 Å². The summed E-state index contributed by atoms with van der Waals surface area (Å²) < 4.78 is 9.45. The maximum Gasteiger partial charge on any atom is 0.337 e. The molecule has 2 rings (SSSR count). The molecule has 116 valence electrons.